The van der Waals surface area contributed by atoms with Gasteiger partial charge in [0.15, 0.2) is 0 Å². The van der Waals surface area contributed by atoms with E-state index in [2.05, 4.69) is 33.1 Å². The van der Waals surface area contributed by atoms with E-state index in [4.69, 9.17) is 0 Å². The van der Waals surface area contributed by atoms with E-state index >= 15 is 0 Å². The van der Waals surface area contributed by atoms with Crippen molar-refractivity contribution in [2.75, 3.05) is 11.9 Å². The first kappa shape index (κ1) is 13.4. The van der Waals surface area contributed by atoms with Crippen molar-refractivity contribution in [1.82, 2.24) is 5.32 Å². The lowest BCUT2D eigenvalue weighted by atomic mass is 10.3. The van der Waals surface area contributed by atoms with Crippen molar-refractivity contribution in [2.24, 2.45) is 0 Å². The highest BCUT2D eigenvalue weighted by atomic mass is 79.9. The van der Waals surface area contributed by atoms with E-state index in [1.165, 1.54) is 0 Å². The Hall–Kier alpha value is -1.62. The lowest BCUT2D eigenvalue weighted by Gasteiger charge is -2.06. The van der Waals surface area contributed by atoms with Crippen molar-refractivity contribution >= 4 is 33.4 Å². The van der Waals surface area contributed by atoms with Gasteiger partial charge in [-0.05, 0) is 28.1 Å². The average Bonchev–Trinajstić information content (AvgIpc) is 2.29. The number of rotatable bonds is 5. The topological polar surface area (TPSA) is 58.2 Å². The van der Waals surface area contributed by atoms with Gasteiger partial charge >= 0.3 is 0 Å². The Balaban J connectivity index is 2.47. The number of hydrogen-bond acceptors (Lipinski definition) is 2. The summed E-state index contributed by atoms with van der Waals surface area (Å²) in [7, 11) is 0. The fourth-order valence-electron chi connectivity index (χ4n) is 1.15. The van der Waals surface area contributed by atoms with E-state index in [-0.39, 0.29) is 18.2 Å². The van der Waals surface area contributed by atoms with E-state index < -0.39 is 0 Å². The maximum absolute atomic E-state index is 11.5. The van der Waals surface area contributed by atoms with Gasteiger partial charge in [0.05, 0.1) is 5.69 Å². The molecular weight excluding hydrogens is 284 g/mol. The summed E-state index contributed by atoms with van der Waals surface area (Å²) in [5.41, 5.74) is 0.647. The molecule has 0 atom stereocenters. The molecule has 0 aliphatic heterocycles. The molecule has 0 bridgehead atoms. The molecule has 1 aromatic rings. The predicted octanol–water partition coefficient (Wildman–Crippen LogP) is 2.08. The summed E-state index contributed by atoms with van der Waals surface area (Å²) >= 11 is 3.30. The lowest BCUT2D eigenvalue weighted by molar-refractivity contribution is -0.126. The molecule has 0 aliphatic rings. The zero-order valence-electron chi connectivity index (χ0n) is 9.20. The van der Waals surface area contributed by atoms with Crippen molar-refractivity contribution in [3.63, 3.8) is 0 Å². The Morgan fingerprint density at radius 1 is 1.29 bits per heavy atom. The quantitative estimate of drug-likeness (QED) is 0.646. The molecule has 4 nitrogen and oxygen atoms in total. The zero-order chi connectivity index (χ0) is 12.7. The summed E-state index contributed by atoms with van der Waals surface area (Å²) < 4.78 is 0.778. The first-order valence-corrected chi connectivity index (χ1v) is 5.84. The highest BCUT2D eigenvalue weighted by molar-refractivity contribution is 9.10. The van der Waals surface area contributed by atoms with Gasteiger partial charge in [-0.2, -0.15) is 0 Å². The minimum atomic E-state index is -0.349. The Labute approximate surface area is 108 Å². The summed E-state index contributed by atoms with van der Waals surface area (Å²) in [6.45, 7) is 3.83. The molecule has 1 aromatic carbocycles. The van der Waals surface area contributed by atoms with Gasteiger partial charge in [-0.25, -0.2) is 0 Å². The molecule has 0 saturated heterocycles. The van der Waals surface area contributed by atoms with Gasteiger partial charge in [0, 0.05) is 11.0 Å². The van der Waals surface area contributed by atoms with Gasteiger partial charge in [-0.15, -0.1) is 6.58 Å². The van der Waals surface area contributed by atoms with Crippen LogP contribution in [0.1, 0.15) is 6.42 Å². The van der Waals surface area contributed by atoms with Crippen LogP contribution in [0.4, 0.5) is 5.69 Å². The van der Waals surface area contributed by atoms with Crippen molar-refractivity contribution in [3.05, 3.63) is 41.4 Å². The first-order valence-electron chi connectivity index (χ1n) is 5.05. The minimum absolute atomic E-state index is 0.199. The molecule has 0 saturated carbocycles. The monoisotopic (exact) mass is 296 g/mol. The summed E-state index contributed by atoms with van der Waals surface area (Å²) in [5.74, 6) is -0.673. The van der Waals surface area contributed by atoms with E-state index in [1.807, 2.05) is 12.1 Å². The van der Waals surface area contributed by atoms with Crippen LogP contribution < -0.4 is 10.6 Å². The normalized spacial score (nSPS) is 9.47. The molecule has 17 heavy (non-hydrogen) atoms. The number of para-hydroxylation sites is 1. The summed E-state index contributed by atoms with van der Waals surface area (Å²) in [6.07, 6.45) is 1.36. The lowest BCUT2D eigenvalue weighted by Crippen LogP contribution is -2.28. The Bertz CT molecular complexity index is 432. The molecule has 0 spiro atoms. The standard InChI is InChI=1S/C12H13BrN2O2/c1-2-7-14-11(16)8-12(17)15-10-6-4-3-5-9(10)13/h2-6H,1,7-8H2,(H,14,16)(H,15,17). The third-order valence-corrected chi connectivity index (χ3v) is 2.60. The highest BCUT2D eigenvalue weighted by Gasteiger charge is 2.09. The number of carbonyl (C=O) groups is 2. The number of anilines is 1. The van der Waals surface area contributed by atoms with Crippen LogP contribution in [-0.4, -0.2) is 18.4 Å². The number of benzene rings is 1. The fourth-order valence-corrected chi connectivity index (χ4v) is 1.54. The van der Waals surface area contributed by atoms with Gasteiger partial charge in [0.25, 0.3) is 0 Å². The SMILES string of the molecule is C=CCNC(=O)CC(=O)Nc1ccccc1Br. The second-order valence-corrected chi connectivity index (χ2v) is 4.15. The van der Waals surface area contributed by atoms with Crippen LogP contribution in [0.15, 0.2) is 41.4 Å². The second kappa shape index (κ2) is 6.85. The van der Waals surface area contributed by atoms with E-state index in [9.17, 15) is 9.59 Å². The fraction of sp³-hybridized carbons (Fsp3) is 0.167. The van der Waals surface area contributed by atoms with Crippen LogP contribution in [0, 0.1) is 0 Å². The Morgan fingerprint density at radius 3 is 2.65 bits per heavy atom. The summed E-state index contributed by atoms with van der Waals surface area (Å²) in [6, 6.07) is 7.21. The van der Waals surface area contributed by atoms with Crippen LogP contribution >= 0.6 is 15.9 Å². The number of nitrogens with one attached hydrogen (secondary N) is 2. The third kappa shape index (κ3) is 4.82. The summed E-state index contributed by atoms with van der Waals surface area (Å²) in [4.78, 5) is 22.8. The summed E-state index contributed by atoms with van der Waals surface area (Å²) in [5, 5.41) is 5.18. The zero-order valence-corrected chi connectivity index (χ0v) is 10.8. The molecule has 0 aliphatic carbocycles. The Morgan fingerprint density at radius 2 is 2.00 bits per heavy atom. The molecule has 90 valence electrons. The molecule has 0 fully saturated rings. The molecule has 0 heterocycles. The van der Waals surface area contributed by atoms with Crippen LogP contribution in [0.2, 0.25) is 0 Å². The molecule has 2 N–H and O–H groups in total. The smallest absolute Gasteiger partial charge is 0.233 e. The van der Waals surface area contributed by atoms with Crippen molar-refractivity contribution in [1.29, 1.82) is 0 Å². The van der Waals surface area contributed by atoms with Crippen LogP contribution in [0.5, 0.6) is 0 Å². The van der Waals surface area contributed by atoms with Gasteiger partial charge in [-0.3, -0.25) is 9.59 Å². The van der Waals surface area contributed by atoms with Crippen LogP contribution in [0.3, 0.4) is 0 Å². The molecule has 0 radical (unpaired) electrons. The van der Waals surface area contributed by atoms with Gasteiger partial charge in [0.2, 0.25) is 11.8 Å². The van der Waals surface area contributed by atoms with E-state index in [0.717, 1.165) is 4.47 Å². The molecule has 1 rings (SSSR count). The van der Waals surface area contributed by atoms with Crippen molar-refractivity contribution in [3.8, 4) is 0 Å². The minimum Gasteiger partial charge on any atom is -0.352 e. The average molecular weight is 297 g/mol. The van der Waals surface area contributed by atoms with Gasteiger partial charge in [0.1, 0.15) is 6.42 Å². The van der Waals surface area contributed by atoms with E-state index in [0.29, 0.717) is 12.2 Å². The molecule has 0 aromatic heterocycles. The predicted molar refractivity (Wildman–Crippen MR) is 70.6 cm³/mol. The maximum atomic E-state index is 11.5. The highest BCUT2D eigenvalue weighted by Crippen LogP contribution is 2.21. The number of hydrogen-bond donors (Lipinski definition) is 2. The van der Waals surface area contributed by atoms with Gasteiger partial charge in [-0.1, -0.05) is 18.2 Å². The van der Waals surface area contributed by atoms with Crippen molar-refractivity contribution in [2.45, 2.75) is 6.42 Å². The van der Waals surface area contributed by atoms with Gasteiger partial charge < -0.3 is 10.6 Å². The first-order chi connectivity index (χ1) is 8.13. The van der Waals surface area contributed by atoms with E-state index in [1.54, 1.807) is 18.2 Å². The second-order valence-electron chi connectivity index (χ2n) is 3.30. The largest absolute Gasteiger partial charge is 0.352 e. The Kier molecular flexibility index (Phi) is 5.42. The van der Waals surface area contributed by atoms with Crippen molar-refractivity contribution < 1.29 is 9.59 Å². The van der Waals surface area contributed by atoms with Crippen LogP contribution in [-0.2, 0) is 9.59 Å². The maximum Gasteiger partial charge on any atom is 0.233 e. The molecule has 5 heteroatoms. The van der Waals surface area contributed by atoms with Crippen LogP contribution in [0.25, 0.3) is 0 Å². The number of amides is 2. The molecule has 2 amide bonds. The molecule has 0 unspecified atom stereocenters. The third-order valence-electron chi connectivity index (χ3n) is 1.91. The molecular formula is C12H13BrN2O2. The number of halogens is 1. The number of carbonyl (C=O) groups excluding carboxylic acids is 2.